The molecular weight excluding hydrogens is 619 g/mol. The molecule has 0 saturated heterocycles. The Morgan fingerprint density at radius 3 is 1.24 bits per heavy atom. The minimum Gasteiger partial charge on any atom is -0.322 e. The molecule has 0 fully saturated rings. The van der Waals surface area contributed by atoms with Gasteiger partial charge in [-0.3, -0.25) is 4.79 Å². The molecule has 0 heterocycles. The summed E-state index contributed by atoms with van der Waals surface area (Å²) in [6.07, 6.45) is 0. The smallest absolute Gasteiger partial charge is 0.255 e. The Morgan fingerprint density at radius 1 is 0.373 bits per heavy atom. The van der Waals surface area contributed by atoms with Gasteiger partial charge in [0.05, 0.1) is 0 Å². The highest BCUT2D eigenvalue weighted by atomic mass is 16.1. The Balaban J connectivity index is 0.856. The molecule has 0 aromatic heterocycles. The van der Waals surface area contributed by atoms with Gasteiger partial charge in [-0.25, -0.2) is 0 Å². The van der Waals surface area contributed by atoms with Crippen LogP contribution >= 0.6 is 0 Å². The van der Waals surface area contributed by atoms with Crippen molar-refractivity contribution in [1.29, 1.82) is 0 Å². The zero-order valence-corrected chi connectivity index (χ0v) is 27.4. The highest BCUT2D eigenvalue weighted by Crippen LogP contribution is 2.37. The minimum atomic E-state index is -0.172. The molecule has 0 unspecified atom stereocenters. The molecule has 10 aromatic carbocycles. The topological polar surface area (TPSA) is 29.1 Å². The first-order valence-electron chi connectivity index (χ1n) is 17.0. The number of anilines is 1. The predicted octanol–water partition coefficient (Wildman–Crippen LogP) is 11.5. The number of amides is 1. The molecule has 234 valence electrons. The van der Waals surface area contributed by atoms with Crippen molar-refractivity contribution in [3.63, 3.8) is 0 Å². The molecule has 10 rings (SSSR count). The Kier molecular flexibility index (Phi) is 6.50. The maximum Gasteiger partial charge on any atom is 0.255 e. The zero-order chi connectivity index (χ0) is 33.9. The van der Waals surface area contributed by atoms with Crippen molar-refractivity contribution in [3.8, 4) is 23.7 Å². The Labute approximate surface area is 294 Å². The van der Waals surface area contributed by atoms with E-state index in [1.807, 2.05) is 48.5 Å². The molecule has 2 heteroatoms. The highest BCUT2D eigenvalue weighted by Gasteiger charge is 2.12. The molecule has 0 aliphatic heterocycles. The van der Waals surface area contributed by atoms with Crippen LogP contribution in [0.4, 0.5) is 5.69 Å². The lowest BCUT2D eigenvalue weighted by atomic mass is 9.92. The second kappa shape index (κ2) is 11.5. The van der Waals surface area contributed by atoms with Crippen LogP contribution in [0.1, 0.15) is 32.6 Å². The predicted molar refractivity (Wildman–Crippen MR) is 213 cm³/mol. The zero-order valence-electron chi connectivity index (χ0n) is 27.4. The monoisotopic (exact) mass is 645 g/mol. The molecule has 1 amide bonds. The van der Waals surface area contributed by atoms with Gasteiger partial charge in [0, 0.05) is 33.5 Å². The summed E-state index contributed by atoms with van der Waals surface area (Å²) < 4.78 is 0. The molecule has 0 saturated carbocycles. The number of benzene rings is 10. The van der Waals surface area contributed by atoms with Gasteiger partial charge in [-0.15, -0.1) is 0 Å². The summed E-state index contributed by atoms with van der Waals surface area (Å²) in [5.41, 5.74) is 5.01. The van der Waals surface area contributed by atoms with Gasteiger partial charge in [0.15, 0.2) is 0 Å². The van der Waals surface area contributed by atoms with Crippen LogP contribution in [0.5, 0.6) is 0 Å². The van der Waals surface area contributed by atoms with E-state index in [-0.39, 0.29) is 5.91 Å². The van der Waals surface area contributed by atoms with Gasteiger partial charge < -0.3 is 5.32 Å². The van der Waals surface area contributed by atoms with E-state index in [2.05, 4.69) is 138 Å². The first kappa shape index (κ1) is 28.8. The summed E-state index contributed by atoms with van der Waals surface area (Å²) in [7, 11) is 0. The molecule has 0 spiro atoms. The first-order valence-corrected chi connectivity index (χ1v) is 17.0. The van der Waals surface area contributed by atoms with Crippen LogP contribution in [0.25, 0.3) is 64.6 Å². The third-order valence-corrected chi connectivity index (χ3v) is 10.0. The van der Waals surface area contributed by atoms with E-state index in [1.54, 1.807) is 0 Å². The van der Waals surface area contributed by atoms with Crippen LogP contribution in [-0.2, 0) is 0 Å². The molecule has 0 bridgehead atoms. The van der Waals surface area contributed by atoms with Crippen molar-refractivity contribution in [1.82, 2.24) is 0 Å². The normalized spacial score (nSPS) is 11.3. The van der Waals surface area contributed by atoms with E-state index in [0.717, 1.165) is 33.0 Å². The standard InChI is InChI=1S/C49H27NO/c51-49(41-15-9-31(10-16-41)7-13-33-17-19-39-23-21-35-3-1-5-37-25-29-43(33)47(39)45(35)37)50-42-27-11-32(12-28-42)8-14-34-18-20-40-24-22-36-4-2-6-38-26-30-44(34)48(40)46(36)38/h1-6,9-12,15-30H,(H,50,51). The van der Waals surface area contributed by atoms with Crippen molar-refractivity contribution in [2.24, 2.45) is 0 Å². The van der Waals surface area contributed by atoms with Gasteiger partial charge in [0.1, 0.15) is 0 Å². The summed E-state index contributed by atoms with van der Waals surface area (Å²) in [6.45, 7) is 0. The highest BCUT2D eigenvalue weighted by molar-refractivity contribution is 6.25. The third-order valence-electron chi connectivity index (χ3n) is 10.0. The summed E-state index contributed by atoms with van der Waals surface area (Å²) in [6, 6.07) is 54.0. The maximum atomic E-state index is 13.1. The minimum absolute atomic E-state index is 0.172. The fourth-order valence-electron chi connectivity index (χ4n) is 7.51. The Hall–Kier alpha value is -7.13. The number of hydrogen-bond acceptors (Lipinski definition) is 1. The van der Waals surface area contributed by atoms with Crippen LogP contribution in [0.2, 0.25) is 0 Å². The molecule has 0 atom stereocenters. The molecule has 0 aliphatic carbocycles. The lowest BCUT2D eigenvalue weighted by Crippen LogP contribution is -2.11. The summed E-state index contributed by atoms with van der Waals surface area (Å²) >= 11 is 0. The van der Waals surface area contributed by atoms with Gasteiger partial charge >= 0.3 is 0 Å². The summed E-state index contributed by atoms with van der Waals surface area (Å²) in [5, 5.41) is 17.8. The van der Waals surface area contributed by atoms with Crippen molar-refractivity contribution < 1.29 is 4.79 Å². The van der Waals surface area contributed by atoms with E-state index in [0.29, 0.717) is 11.3 Å². The quantitative estimate of drug-likeness (QED) is 0.147. The van der Waals surface area contributed by atoms with Crippen LogP contribution in [0.15, 0.2) is 158 Å². The van der Waals surface area contributed by atoms with Gasteiger partial charge in [-0.05, 0) is 125 Å². The maximum absolute atomic E-state index is 13.1. The van der Waals surface area contributed by atoms with Crippen LogP contribution in [0, 0.1) is 23.7 Å². The van der Waals surface area contributed by atoms with Gasteiger partial charge in [-0.1, -0.05) is 121 Å². The fraction of sp³-hybridized carbons (Fsp3) is 0. The van der Waals surface area contributed by atoms with Gasteiger partial charge in [0.25, 0.3) is 5.91 Å². The molecule has 0 aliphatic rings. The largest absolute Gasteiger partial charge is 0.322 e. The Morgan fingerprint density at radius 2 is 0.765 bits per heavy atom. The SMILES string of the molecule is O=C(Nc1ccc(C#Cc2ccc3ccc4cccc5ccc2c3c45)cc1)c1ccc(C#Cc2ccc3ccc4cccc5ccc2c3c45)cc1. The van der Waals surface area contributed by atoms with E-state index < -0.39 is 0 Å². The summed E-state index contributed by atoms with van der Waals surface area (Å²) in [5.74, 6) is 13.2. The van der Waals surface area contributed by atoms with Crippen molar-refractivity contribution in [2.45, 2.75) is 0 Å². The summed E-state index contributed by atoms with van der Waals surface area (Å²) in [4.78, 5) is 13.1. The van der Waals surface area contributed by atoms with Crippen LogP contribution in [0.3, 0.4) is 0 Å². The van der Waals surface area contributed by atoms with Crippen molar-refractivity contribution in [3.05, 3.63) is 186 Å². The fourth-order valence-corrected chi connectivity index (χ4v) is 7.51. The average molecular weight is 646 g/mol. The lowest BCUT2D eigenvalue weighted by molar-refractivity contribution is 0.102. The van der Waals surface area contributed by atoms with E-state index in [1.165, 1.54) is 53.9 Å². The molecule has 0 radical (unpaired) electrons. The van der Waals surface area contributed by atoms with Crippen molar-refractivity contribution >= 4 is 76.2 Å². The molecule has 10 aromatic rings. The van der Waals surface area contributed by atoms with Crippen LogP contribution < -0.4 is 5.32 Å². The van der Waals surface area contributed by atoms with E-state index in [9.17, 15) is 4.79 Å². The number of hydrogen-bond donors (Lipinski definition) is 1. The van der Waals surface area contributed by atoms with Crippen molar-refractivity contribution in [2.75, 3.05) is 5.32 Å². The Bertz CT molecular complexity index is 3080. The second-order valence-corrected chi connectivity index (χ2v) is 13.0. The van der Waals surface area contributed by atoms with E-state index >= 15 is 0 Å². The second-order valence-electron chi connectivity index (χ2n) is 13.0. The van der Waals surface area contributed by atoms with E-state index in [4.69, 9.17) is 0 Å². The van der Waals surface area contributed by atoms with Crippen LogP contribution in [-0.4, -0.2) is 5.91 Å². The first-order chi connectivity index (χ1) is 25.2. The average Bonchev–Trinajstić information content (AvgIpc) is 3.18. The number of nitrogens with one attached hydrogen (secondary N) is 1. The number of carbonyl (C=O) groups excluding carboxylic acids is 1. The number of rotatable bonds is 2. The molecule has 51 heavy (non-hydrogen) atoms. The van der Waals surface area contributed by atoms with Gasteiger partial charge in [-0.2, -0.15) is 0 Å². The molecule has 1 N–H and O–H groups in total. The van der Waals surface area contributed by atoms with Gasteiger partial charge in [0.2, 0.25) is 0 Å². The third kappa shape index (κ3) is 4.90. The number of carbonyl (C=O) groups is 1. The molecule has 2 nitrogen and oxygen atoms in total. The lowest BCUT2D eigenvalue weighted by Gasteiger charge is -2.11. The molecular formula is C49H27NO.